The number of carboxylic acids is 1. The zero-order chi connectivity index (χ0) is 14.9. The van der Waals surface area contributed by atoms with E-state index in [1.807, 2.05) is 0 Å². The monoisotopic (exact) mass is 282 g/mol. The summed E-state index contributed by atoms with van der Waals surface area (Å²) in [4.78, 5) is 25.1. The van der Waals surface area contributed by atoms with Gasteiger partial charge in [-0.1, -0.05) is 19.8 Å². The quantitative estimate of drug-likeness (QED) is 0.798. The number of amides is 1. The van der Waals surface area contributed by atoms with Crippen LogP contribution >= 0.6 is 0 Å². The first kappa shape index (κ1) is 15.3. The maximum Gasteiger partial charge on any atom is 0.307 e. The van der Waals surface area contributed by atoms with Gasteiger partial charge in [-0.25, -0.2) is 0 Å². The Morgan fingerprint density at radius 1 is 1.35 bits per heavy atom. The van der Waals surface area contributed by atoms with Gasteiger partial charge in [0.2, 0.25) is 5.91 Å². The summed E-state index contributed by atoms with van der Waals surface area (Å²) in [5, 5.41) is 11.9. The number of hydrogen-bond acceptors (Lipinski definition) is 3. The average Bonchev–Trinajstić information content (AvgIpc) is 3.16. The van der Waals surface area contributed by atoms with Crippen LogP contribution in [-0.4, -0.2) is 48.1 Å². The largest absolute Gasteiger partial charge is 0.481 e. The Morgan fingerprint density at radius 3 is 2.55 bits per heavy atom. The van der Waals surface area contributed by atoms with Crippen molar-refractivity contribution in [1.29, 1.82) is 0 Å². The molecule has 2 aliphatic rings. The van der Waals surface area contributed by atoms with Crippen LogP contribution in [-0.2, 0) is 9.59 Å². The normalized spacial score (nSPS) is 36.7. The highest BCUT2D eigenvalue weighted by molar-refractivity contribution is 5.89. The number of likely N-dealkylation sites (N-methyl/N-ethyl adjacent to an activating group) is 1. The number of rotatable bonds is 5. The van der Waals surface area contributed by atoms with Crippen LogP contribution in [0, 0.1) is 17.8 Å². The predicted octanol–water partition coefficient (Wildman–Crippen LogP) is 1.33. The fourth-order valence-corrected chi connectivity index (χ4v) is 3.50. The molecule has 2 fully saturated rings. The number of nitrogens with one attached hydrogen (secondary N) is 1. The molecule has 2 aliphatic carbocycles. The third-order valence-electron chi connectivity index (χ3n) is 5.05. The van der Waals surface area contributed by atoms with Crippen molar-refractivity contribution in [3.63, 3.8) is 0 Å². The third-order valence-corrected chi connectivity index (χ3v) is 5.05. The Hall–Kier alpha value is -1.10. The van der Waals surface area contributed by atoms with Gasteiger partial charge in [0.05, 0.1) is 11.8 Å². The van der Waals surface area contributed by atoms with E-state index < -0.39 is 11.9 Å². The minimum atomic E-state index is -0.848. The molecular formula is C15H26N2O3. The molecule has 0 heterocycles. The van der Waals surface area contributed by atoms with Crippen molar-refractivity contribution >= 4 is 11.9 Å². The number of aliphatic carboxylic acids is 1. The van der Waals surface area contributed by atoms with Gasteiger partial charge in [-0.15, -0.1) is 0 Å². The fourth-order valence-electron chi connectivity index (χ4n) is 3.50. The second-order valence-electron chi connectivity index (χ2n) is 6.83. The molecule has 0 spiro atoms. The molecule has 0 bridgehead atoms. The molecule has 2 saturated carbocycles. The van der Waals surface area contributed by atoms with E-state index in [0.29, 0.717) is 18.9 Å². The zero-order valence-electron chi connectivity index (χ0n) is 12.7. The smallest absolute Gasteiger partial charge is 0.307 e. The summed E-state index contributed by atoms with van der Waals surface area (Å²) in [5.74, 6) is -1.03. The van der Waals surface area contributed by atoms with Crippen LogP contribution in [0.3, 0.4) is 0 Å². The van der Waals surface area contributed by atoms with Gasteiger partial charge in [0.1, 0.15) is 0 Å². The molecule has 5 nitrogen and oxygen atoms in total. The molecule has 0 saturated heterocycles. The highest BCUT2D eigenvalue weighted by Crippen LogP contribution is 2.39. The zero-order valence-corrected chi connectivity index (χ0v) is 12.7. The molecule has 114 valence electrons. The molecule has 4 atom stereocenters. The molecule has 2 N–H and O–H groups in total. The van der Waals surface area contributed by atoms with E-state index in [1.54, 1.807) is 0 Å². The van der Waals surface area contributed by atoms with Crippen LogP contribution in [0.4, 0.5) is 0 Å². The molecule has 2 unspecified atom stereocenters. The summed E-state index contributed by atoms with van der Waals surface area (Å²) in [6, 6.07) is 0. The number of nitrogens with zero attached hydrogens (tertiary/aromatic N) is 1. The van der Waals surface area contributed by atoms with Gasteiger partial charge in [0.25, 0.3) is 0 Å². The van der Waals surface area contributed by atoms with E-state index in [1.165, 1.54) is 12.8 Å². The summed E-state index contributed by atoms with van der Waals surface area (Å²) in [5.41, 5.74) is 0.0287. The molecule has 0 aromatic carbocycles. The van der Waals surface area contributed by atoms with Crippen molar-refractivity contribution in [2.75, 3.05) is 20.6 Å². The SMILES string of the molecule is CC1CCCC(CNC(=O)[C@@H]2C[C@@H]2C(=O)O)(N(C)C)C1. The average molecular weight is 282 g/mol. The second kappa shape index (κ2) is 5.72. The van der Waals surface area contributed by atoms with E-state index in [9.17, 15) is 9.59 Å². The van der Waals surface area contributed by atoms with Gasteiger partial charge < -0.3 is 15.3 Å². The Balaban J connectivity index is 1.90. The third kappa shape index (κ3) is 3.14. The van der Waals surface area contributed by atoms with Crippen molar-refractivity contribution < 1.29 is 14.7 Å². The Morgan fingerprint density at radius 2 is 2.05 bits per heavy atom. The standard InChI is InChI=1S/C15H26N2O3/c1-10-5-4-6-15(8-10,17(2)3)9-16-13(18)11-7-12(11)14(19)20/h10-12H,4-9H2,1-3H3,(H,16,18)(H,19,20)/t10?,11-,12+,15?/m1/s1. The maximum absolute atomic E-state index is 12.0. The summed E-state index contributed by atoms with van der Waals surface area (Å²) >= 11 is 0. The number of carbonyl (C=O) groups is 2. The van der Waals surface area contributed by atoms with Crippen LogP contribution in [0.5, 0.6) is 0 Å². The van der Waals surface area contributed by atoms with E-state index in [2.05, 4.69) is 31.2 Å². The van der Waals surface area contributed by atoms with E-state index in [4.69, 9.17) is 5.11 Å². The van der Waals surface area contributed by atoms with Crippen molar-refractivity contribution in [2.24, 2.45) is 17.8 Å². The summed E-state index contributed by atoms with van der Waals surface area (Å²) in [7, 11) is 4.14. The van der Waals surface area contributed by atoms with Crippen molar-refractivity contribution in [3.8, 4) is 0 Å². The highest BCUT2D eigenvalue weighted by Gasteiger charge is 2.49. The van der Waals surface area contributed by atoms with Crippen molar-refractivity contribution in [1.82, 2.24) is 10.2 Å². The van der Waals surface area contributed by atoms with E-state index in [-0.39, 0.29) is 17.4 Å². The lowest BCUT2D eigenvalue weighted by Gasteiger charge is -2.45. The molecule has 2 rings (SSSR count). The fraction of sp³-hybridized carbons (Fsp3) is 0.867. The maximum atomic E-state index is 12.0. The lowest BCUT2D eigenvalue weighted by molar-refractivity contribution is -0.140. The molecule has 0 aromatic rings. The lowest BCUT2D eigenvalue weighted by atomic mass is 9.75. The first-order valence-corrected chi connectivity index (χ1v) is 7.54. The lowest BCUT2D eigenvalue weighted by Crippen LogP contribution is -2.55. The second-order valence-corrected chi connectivity index (χ2v) is 6.83. The van der Waals surface area contributed by atoms with E-state index in [0.717, 1.165) is 12.8 Å². The van der Waals surface area contributed by atoms with Crippen LogP contribution < -0.4 is 5.32 Å². The molecule has 5 heteroatoms. The van der Waals surface area contributed by atoms with Crippen LogP contribution in [0.15, 0.2) is 0 Å². The van der Waals surface area contributed by atoms with Gasteiger partial charge in [-0.3, -0.25) is 9.59 Å². The number of hydrogen-bond donors (Lipinski definition) is 2. The van der Waals surface area contributed by atoms with Crippen LogP contribution in [0.2, 0.25) is 0 Å². The molecule has 0 radical (unpaired) electrons. The Labute approximate surface area is 120 Å². The van der Waals surface area contributed by atoms with Gasteiger partial charge in [0.15, 0.2) is 0 Å². The van der Waals surface area contributed by atoms with Gasteiger partial charge in [-0.2, -0.15) is 0 Å². The van der Waals surface area contributed by atoms with Gasteiger partial charge >= 0.3 is 5.97 Å². The van der Waals surface area contributed by atoms with E-state index >= 15 is 0 Å². The van der Waals surface area contributed by atoms with Gasteiger partial charge in [0, 0.05) is 12.1 Å². The molecule has 0 aromatic heterocycles. The predicted molar refractivity (Wildman–Crippen MR) is 76.3 cm³/mol. The first-order valence-electron chi connectivity index (χ1n) is 7.54. The Bertz CT molecular complexity index is 397. The number of carbonyl (C=O) groups excluding carboxylic acids is 1. The molecule has 0 aliphatic heterocycles. The van der Waals surface area contributed by atoms with Crippen molar-refractivity contribution in [2.45, 2.75) is 44.6 Å². The molecule has 1 amide bonds. The molecular weight excluding hydrogens is 256 g/mol. The van der Waals surface area contributed by atoms with Crippen LogP contribution in [0.25, 0.3) is 0 Å². The number of carboxylic acid groups (broad SMARTS) is 1. The summed E-state index contributed by atoms with van der Waals surface area (Å²) in [6.45, 7) is 2.90. The van der Waals surface area contributed by atoms with Crippen molar-refractivity contribution in [3.05, 3.63) is 0 Å². The van der Waals surface area contributed by atoms with Crippen LogP contribution in [0.1, 0.15) is 39.0 Å². The summed E-state index contributed by atoms with van der Waals surface area (Å²) in [6.07, 6.45) is 5.13. The first-order chi connectivity index (χ1) is 9.35. The molecule has 20 heavy (non-hydrogen) atoms. The van der Waals surface area contributed by atoms with Gasteiger partial charge in [-0.05, 0) is 39.3 Å². The minimum absolute atomic E-state index is 0.0287. The topological polar surface area (TPSA) is 69.6 Å². The summed E-state index contributed by atoms with van der Waals surface area (Å²) < 4.78 is 0. The highest BCUT2D eigenvalue weighted by atomic mass is 16.4. The Kier molecular flexibility index (Phi) is 4.37. The minimum Gasteiger partial charge on any atom is -0.481 e.